The van der Waals surface area contributed by atoms with Crippen molar-refractivity contribution in [1.29, 1.82) is 5.26 Å². The molecule has 1 unspecified atom stereocenters. The number of hydrogen-bond acceptors (Lipinski definition) is 5. The van der Waals surface area contributed by atoms with Crippen LogP contribution in [0.4, 0.5) is 4.79 Å². The highest BCUT2D eigenvalue weighted by Crippen LogP contribution is 2.00. The Kier molecular flexibility index (Phi) is 12.8. The third-order valence-electron chi connectivity index (χ3n) is 3.18. The molecule has 8 heteroatoms. The fourth-order valence-electron chi connectivity index (χ4n) is 1.83. The van der Waals surface area contributed by atoms with Gasteiger partial charge in [0.2, 0.25) is 5.91 Å². The Morgan fingerprint density at radius 3 is 2.52 bits per heavy atom. The van der Waals surface area contributed by atoms with Crippen LogP contribution in [0.15, 0.2) is 30.3 Å². The van der Waals surface area contributed by atoms with Crippen LogP contribution < -0.4 is 16.0 Å². The minimum absolute atomic E-state index is 0. The van der Waals surface area contributed by atoms with Crippen LogP contribution in [-0.2, 0) is 16.1 Å². The molecule has 1 aromatic rings. The predicted molar refractivity (Wildman–Crippen MR) is 97.2 cm³/mol. The monoisotopic (exact) mass is 368 g/mol. The Hall–Kier alpha value is -2.30. The number of rotatable bonds is 10. The largest absolute Gasteiger partial charge is 0.445 e. The normalized spacial score (nSPS) is 10.7. The molecule has 138 valence electrons. The van der Waals surface area contributed by atoms with Crippen LogP contribution in [0.5, 0.6) is 0 Å². The van der Waals surface area contributed by atoms with Crippen LogP contribution in [0, 0.1) is 11.3 Å². The van der Waals surface area contributed by atoms with Gasteiger partial charge in [0.1, 0.15) is 6.61 Å². The van der Waals surface area contributed by atoms with E-state index in [1.165, 1.54) is 0 Å². The first-order valence-electron chi connectivity index (χ1n) is 7.96. The lowest BCUT2D eigenvalue weighted by Crippen LogP contribution is -2.37. The number of nitriles is 1. The van der Waals surface area contributed by atoms with Gasteiger partial charge in [-0.3, -0.25) is 4.79 Å². The summed E-state index contributed by atoms with van der Waals surface area (Å²) in [5, 5.41) is 16.8. The zero-order chi connectivity index (χ0) is 17.6. The number of halogens is 1. The van der Waals surface area contributed by atoms with E-state index in [2.05, 4.69) is 22.0 Å². The summed E-state index contributed by atoms with van der Waals surface area (Å²) < 4.78 is 5.00. The SMILES string of the molecule is CC(C#N)NCCCCNC(=O)CNC(=O)OCc1ccccc1.Cl. The smallest absolute Gasteiger partial charge is 0.407 e. The van der Waals surface area contributed by atoms with Gasteiger partial charge in [0.05, 0.1) is 18.7 Å². The fraction of sp³-hybridized carbons (Fsp3) is 0.471. The lowest BCUT2D eigenvalue weighted by molar-refractivity contribution is -0.120. The van der Waals surface area contributed by atoms with Gasteiger partial charge in [-0.15, -0.1) is 12.4 Å². The minimum atomic E-state index is -0.622. The predicted octanol–water partition coefficient (Wildman–Crippen LogP) is 1.73. The topological polar surface area (TPSA) is 103 Å². The van der Waals surface area contributed by atoms with Crippen molar-refractivity contribution in [2.45, 2.75) is 32.4 Å². The summed E-state index contributed by atoms with van der Waals surface area (Å²) in [5.41, 5.74) is 0.886. The first kappa shape index (κ1) is 22.7. The quantitative estimate of drug-likeness (QED) is 0.546. The first-order valence-corrected chi connectivity index (χ1v) is 7.96. The highest BCUT2D eigenvalue weighted by Gasteiger charge is 2.06. The van der Waals surface area contributed by atoms with Crippen LogP contribution in [-0.4, -0.2) is 37.7 Å². The Bertz CT molecular complexity index is 549. The van der Waals surface area contributed by atoms with Crippen LogP contribution in [0.2, 0.25) is 0 Å². The van der Waals surface area contributed by atoms with E-state index in [0.717, 1.165) is 24.9 Å². The average molecular weight is 369 g/mol. The van der Waals surface area contributed by atoms with Crippen molar-refractivity contribution >= 4 is 24.4 Å². The molecule has 1 atom stereocenters. The van der Waals surface area contributed by atoms with E-state index in [1.807, 2.05) is 30.3 Å². The van der Waals surface area contributed by atoms with E-state index in [-0.39, 0.29) is 37.5 Å². The molecule has 0 saturated heterocycles. The number of carbonyl (C=O) groups excluding carboxylic acids is 2. The molecular weight excluding hydrogens is 344 g/mol. The van der Waals surface area contributed by atoms with Gasteiger partial charge in [0, 0.05) is 6.54 Å². The van der Waals surface area contributed by atoms with E-state index >= 15 is 0 Å². The van der Waals surface area contributed by atoms with Gasteiger partial charge in [-0.1, -0.05) is 30.3 Å². The lowest BCUT2D eigenvalue weighted by Gasteiger charge is -2.08. The number of alkyl carbamates (subject to hydrolysis) is 1. The number of nitrogens with zero attached hydrogens (tertiary/aromatic N) is 1. The first-order chi connectivity index (χ1) is 11.6. The number of hydrogen-bond donors (Lipinski definition) is 3. The Morgan fingerprint density at radius 2 is 1.84 bits per heavy atom. The highest BCUT2D eigenvalue weighted by molar-refractivity contribution is 5.85. The molecule has 0 aliphatic carbocycles. The van der Waals surface area contributed by atoms with Gasteiger partial charge in [-0.25, -0.2) is 4.79 Å². The molecule has 0 radical (unpaired) electrons. The molecule has 1 aromatic carbocycles. The third kappa shape index (κ3) is 11.8. The molecule has 0 aliphatic rings. The molecule has 0 spiro atoms. The second-order valence-corrected chi connectivity index (χ2v) is 5.28. The summed E-state index contributed by atoms with van der Waals surface area (Å²) in [7, 11) is 0. The third-order valence-corrected chi connectivity index (χ3v) is 3.18. The summed E-state index contributed by atoms with van der Waals surface area (Å²) in [5.74, 6) is -0.259. The van der Waals surface area contributed by atoms with Crippen molar-refractivity contribution in [2.24, 2.45) is 0 Å². The number of unbranched alkanes of at least 4 members (excludes halogenated alkanes) is 1. The van der Waals surface area contributed by atoms with Gasteiger partial charge in [0.15, 0.2) is 0 Å². The summed E-state index contributed by atoms with van der Waals surface area (Å²) in [6, 6.07) is 11.2. The van der Waals surface area contributed by atoms with E-state index in [4.69, 9.17) is 10.00 Å². The van der Waals surface area contributed by atoms with Crippen LogP contribution in [0.25, 0.3) is 0 Å². The standard InChI is InChI=1S/C17H24N4O3.ClH/c1-14(11-18)19-9-5-6-10-20-16(22)12-21-17(23)24-13-15-7-3-2-4-8-15;/h2-4,7-8,14,19H,5-6,9-10,12-13H2,1H3,(H,20,22)(H,21,23);1H. The molecule has 0 aliphatic heterocycles. The molecule has 0 fully saturated rings. The molecular formula is C17H25ClN4O3. The molecule has 7 nitrogen and oxygen atoms in total. The summed E-state index contributed by atoms with van der Waals surface area (Å²) >= 11 is 0. The molecule has 0 saturated carbocycles. The zero-order valence-corrected chi connectivity index (χ0v) is 15.1. The molecule has 1 rings (SSSR count). The van der Waals surface area contributed by atoms with Crippen molar-refractivity contribution in [1.82, 2.24) is 16.0 Å². The molecule has 25 heavy (non-hydrogen) atoms. The van der Waals surface area contributed by atoms with Gasteiger partial charge in [-0.2, -0.15) is 5.26 Å². The second-order valence-electron chi connectivity index (χ2n) is 5.28. The lowest BCUT2D eigenvalue weighted by atomic mass is 10.2. The number of carbonyl (C=O) groups is 2. The maximum absolute atomic E-state index is 11.6. The Labute approximate surface area is 154 Å². The zero-order valence-electron chi connectivity index (χ0n) is 14.3. The summed E-state index contributed by atoms with van der Waals surface area (Å²) in [6.45, 7) is 3.11. The van der Waals surface area contributed by atoms with Gasteiger partial charge >= 0.3 is 6.09 Å². The maximum Gasteiger partial charge on any atom is 0.407 e. The molecule has 2 amide bonds. The molecule has 0 aromatic heterocycles. The Balaban J connectivity index is 0.00000576. The average Bonchev–Trinajstić information content (AvgIpc) is 2.61. The van der Waals surface area contributed by atoms with Crippen molar-refractivity contribution in [3.8, 4) is 6.07 Å². The number of amides is 2. The van der Waals surface area contributed by atoms with Crippen molar-refractivity contribution < 1.29 is 14.3 Å². The van der Waals surface area contributed by atoms with E-state index in [0.29, 0.717) is 6.54 Å². The van der Waals surface area contributed by atoms with Gasteiger partial charge in [-0.05, 0) is 31.9 Å². The second kappa shape index (κ2) is 14.1. The van der Waals surface area contributed by atoms with E-state index in [1.54, 1.807) is 6.92 Å². The fourth-order valence-corrected chi connectivity index (χ4v) is 1.83. The number of nitrogens with one attached hydrogen (secondary N) is 3. The van der Waals surface area contributed by atoms with Crippen LogP contribution in [0.1, 0.15) is 25.3 Å². The van der Waals surface area contributed by atoms with Crippen molar-refractivity contribution in [3.05, 3.63) is 35.9 Å². The Morgan fingerprint density at radius 1 is 1.16 bits per heavy atom. The summed E-state index contributed by atoms with van der Waals surface area (Å²) in [6.07, 6.45) is 1.04. The van der Waals surface area contributed by atoms with E-state index < -0.39 is 6.09 Å². The summed E-state index contributed by atoms with van der Waals surface area (Å²) in [4.78, 5) is 23.0. The number of benzene rings is 1. The van der Waals surface area contributed by atoms with Crippen molar-refractivity contribution in [2.75, 3.05) is 19.6 Å². The van der Waals surface area contributed by atoms with Gasteiger partial charge < -0.3 is 20.7 Å². The molecule has 0 heterocycles. The van der Waals surface area contributed by atoms with Crippen LogP contribution >= 0.6 is 12.4 Å². The maximum atomic E-state index is 11.6. The number of ether oxygens (including phenoxy) is 1. The molecule has 3 N–H and O–H groups in total. The van der Waals surface area contributed by atoms with Crippen molar-refractivity contribution in [3.63, 3.8) is 0 Å². The minimum Gasteiger partial charge on any atom is -0.445 e. The highest BCUT2D eigenvalue weighted by atomic mass is 35.5. The molecule has 0 bridgehead atoms. The van der Waals surface area contributed by atoms with E-state index in [9.17, 15) is 9.59 Å². The van der Waals surface area contributed by atoms with Gasteiger partial charge in [0.25, 0.3) is 0 Å². The van der Waals surface area contributed by atoms with Crippen LogP contribution in [0.3, 0.4) is 0 Å².